The highest BCUT2D eigenvalue weighted by molar-refractivity contribution is 7.13. The van der Waals surface area contributed by atoms with E-state index in [2.05, 4.69) is 37.2 Å². The second-order valence-corrected chi connectivity index (χ2v) is 6.87. The first kappa shape index (κ1) is 17.8. The Morgan fingerprint density at radius 3 is 2.25 bits per heavy atom. The lowest BCUT2D eigenvalue weighted by molar-refractivity contribution is 1.18. The third kappa shape index (κ3) is 3.74. The monoisotopic (exact) mass is 384 g/mol. The summed E-state index contributed by atoms with van der Waals surface area (Å²) in [6.45, 7) is 5.60. The van der Waals surface area contributed by atoms with Crippen LogP contribution in [0.5, 0.6) is 0 Å². The van der Waals surface area contributed by atoms with Crippen molar-refractivity contribution in [3.63, 3.8) is 0 Å². The molecule has 0 atom stereocenters. The highest BCUT2D eigenvalue weighted by atomic mass is 32.1. The number of rotatable bonds is 5. The van der Waals surface area contributed by atoms with Crippen molar-refractivity contribution in [2.45, 2.75) is 6.92 Å². The van der Waals surface area contributed by atoms with Crippen molar-refractivity contribution < 1.29 is 0 Å². The molecular formula is C21H16N6S. The summed E-state index contributed by atoms with van der Waals surface area (Å²) in [7, 11) is 0. The lowest BCUT2D eigenvalue weighted by Crippen LogP contribution is -1.76. The minimum Gasteiger partial charge on any atom is -0.264 e. The number of aromatic nitrogens is 1. The first-order valence-corrected chi connectivity index (χ1v) is 9.44. The molecule has 4 aromatic rings. The van der Waals surface area contributed by atoms with Crippen LogP contribution in [0.3, 0.4) is 0 Å². The molecule has 1 aromatic heterocycles. The van der Waals surface area contributed by atoms with Gasteiger partial charge in [-0.3, -0.25) is 4.99 Å². The molecule has 6 nitrogen and oxygen atoms in total. The Balaban J connectivity index is 1.62. The van der Waals surface area contributed by atoms with E-state index in [0.717, 1.165) is 39.1 Å². The van der Waals surface area contributed by atoms with Gasteiger partial charge in [0.2, 0.25) is 5.13 Å². The van der Waals surface area contributed by atoms with Crippen LogP contribution < -0.4 is 0 Å². The van der Waals surface area contributed by atoms with Gasteiger partial charge in [0, 0.05) is 22.3 Å². The average Bonchev–Trinajstić information content (AvgIpc) is 3.25. The Hall–Kier alpha value is -3.58. The fourth-order valence-corrected chi connectivity index (χ4v) is 3.23. The fraction of sp³-hybridized carbons (Fsp3) is 0.0476. The van der Waals surface area contributed by atoms with Gasteiger partial charge in [0.15, 0.2) is 0 Å². The number of fused-ring (bicyclic) bond motifs is 1. The number of aryl methyl sites for hydroxylation is 1. The maximum atomic E-state index is 4.46. The fourth-order valence-electron chi connectivity index (χ4n) is 2.78. The van der Waals surface area contributed by atoms with Gasteiger partial charge in [-0.1, -0.05) is 24.3 Å². The summed E-state index contributed by atoms with van der Waals surface area (Å²) >= 11 is 1.44. The highest BCUT2D eigenvalue weighted by Crippen LogP contribution is 2.34. The molecule has 0 bridgehead atoms. The van der Waals surface area contributed by atoms with Crippen LogP contribution in [0, 0.1) is 6.92 Å². The summed E-state index contributed by atoms with van der Waals surface area (Å²) in [5.74, 6) is 0. The van der Waals surface area contributed by atoms with Crippen LogP contribution in [0.4, 0.5) is 27.9 Å². The normalized spacial score (nSPS) is 11.6. The van der Waals surface area contributed by atoms with Crippen LogP contribution in [0.1, 0.15) is 5.56 Å². The third-order valence-electron chi connectivity index (χ3n) is 4.16. The van der Waals surface area contributed by atoms with E-state index in [1.165, 1.54) is 11.3 Å². The minimum atomic E-state index is 0.630. The smallest absolute Gasteiger partial charge is 0.229 e. The van der Waals surface area contributed by atoms with Gasteiger partial charge in [0.05, 0.1) is 22.7 Å². The SMILES string of the molecule is C=Nc1ccc(/N=N/c2ccc(/N=N/c3nccs3)cc2C)c2ccccc12. The summed E-state index contributed by atoms with van der Waals surface area (Å²) < 4.78 is 0. The van der Waals surface area contributed by atoms with E-state index in [4.69, 9.17) is 0 Å². The molecule has 0 N–H and O–H groups in total. The van der Waals surface area contributed by atoms with Crippen molar-refractivity contribution >= 4 is 56.7 Å². The zero-order chi connectivity index (χ0) is 19.3. The molecule has 4 rings (SSSR count). The minimum absolute atomic E-state index is 0.630. The molecule has 0 saturated carbocycles. The predicted molar refractivity (Wildman–Crippen MR) is 115 cm³/mol. The van der Waals surface area contributed by atoms with Crippen LogP contribution in [-0.2, 0) is 0 Å². The molecule has 7 heteroatoms. The number of hydrogen-bond donors (Lipinski definition) is 0. The number of azo groups is 2. The van der Waals surface area contributed by atoms with Crippen LogP contribution in [0.2, 0.25) is 0 Å². The number of nitrogens with zero attached hydrogens (tertiary/aromatic N) is 6. The second-order valence-electron chi connectivity index (χ2n) is 5.99. The molecule has 1 heterocycles. The molecule has 0 aliphatic carbocycles. The standard InChI is InChI=1S/C21H16N6S/c1-14-13-15(24-27-21-23-11-12-28-21)7-8-18(14)25-26-20-10-9-19(22-2)16-5-3-4-6-17(16)20/h3-13H,2H2,1H3/b26-25+,27-24+. The van der Waals surface area contributed by atoms with Crippen LogP contribution in [0.15, 0.2) is 91.6 Å². The zero-order valence-electron chi connectivity index (χ0n) is 15.1. The van der Waals surface area contributed by atoms with Crippen LogP contribution in [0.25, 0.3) is 10.8 Å². The molecule has 3 aromatic carbocycles. The van der Waals surface area contributed by atoms with Crippen molar-refractivity contribution in [1.82, 2.24) is 4.98 Å². The molecule has 0 saturated heterocycles. The molecule has 0 fully saturated rings. The summed E-state index contributed by atoms with van der Waals surface area (Å²) in [6.07, 6.45) is 1.70. The molecule has 0 unspecified atom stereocenters. The lowest BCUT2D eigenvalue weighted by atomic mass is 10.1. The van der Waals surface area contributed by atoms with Gasteiger partial charge >= 0.3 is 0 Å². The molecule has 28 heavy (non-hydrogen) atoms. The second kappa shape index (κ2) is 7.98. The largest absolute Gasteiger partial charge is 0.264 e. The zero-order valence-corrected chi connectivity index (χ0v) is 16.0. The van der Waals surface area contributed by atoms with E-state index >= 15 is 0 Å². The van der Waals surface area contributed by atoms with Crippen molar-refractivity contribution in [3.8, 4) is 0 Å². The van der Waals surface area contributed by atoms with E-state index in [1.807, 2.05) is 66.9 Å². The molecule has 0 aliphatic rings. The molecule has 136 valence electrons. The van der Waals surface area contributed by atoms with Crippen molar-refractivity contribution in [1.29, 1.82) is 0 Å². The van der Waals surface area contributed by atoms with Gasteiger partial charge in [-0.2, -0.15) is 5.11 Å². The van der Waals surface area contributed by atoms with Crippen molar-refractivity contribution in [2.24, 2.45) is 25.4 Å². The Labute approximate surface area is 166 Å². The summed E-state index contributed by atoms with van der Waals surface area (Å²) in [6, 6.07) is 17.4. The Bertz CT molecular complexity index is 1190. The van der Waals surface area contributed by atoms with Gasteiger partial charge in [-0.25, -0.2) is 4.98 Å². The molecule has 0 amide bonds. The Morgan fingerprint density at radius 1 is 0.821 bits per heavy atom. The summed E-state index contributed by atoms with van der Waals surface area (Å²) in [4.78, 5) is 8.16. The van der Waals surface area contributed by atoms with Crippen molar-refractivity contribution in [2.75, 3.05) is 0 Å². The van der Waals surface area contributed by atoms with Gasteiger partial charge < -0.3 is 0 Å². The van der Waals surface area contributed by atoms with E-state index in [-0.39, 0.29) is 0 Å². The topological polar surface area (TPSA) is 74.7 Å². The first-order valence-electron chi connectivity index (χ1n) is 8.57. The van der Waals surface area contributed by atoms with Crippen LogP contribution in [-0.4, -0.2) is 11.7 Å². The van der Waals surface area contributed by atoms with Gasteiger partial charge in [0.25, 0.3) is 0 Å². The average molecular weight is 384 g/mol. The molecular weight excluding hydrogens is 368 g/mol. The maximum Gasteiger partial charge on any atom is 0.229 e. The van der Waals surface area contributed by atoms with Crippen molar-refractivity contribution in [3.05, 3.63) is 71.7 Å². The predicted octanol–water partition coefficient (Wildman–Crippen LogP) is 7.77. The Kier molecular flexibility index (Phi) is 5.07. The van der Waals surface area contributed by atoms with Crippen LogP contribution >= 0.6 is 11.3 Å². The van der Waals surface area contributed by atoms with Gasteiger partial charge in [-0.05, 0) is 49.5 Å². The van der Waals surface area contributed by atoms with E-state index in [1.54, 1.807) is 6.20 Å². The van der Waals surface area contributed by atoms with Gasteiger partial charge in [0.1, 0.15) is 0 Å². The third-order valence-corrected chi connectivity index (χ3v) is 4.82. The number of hydrogen-bond acceptors (Lipinski definition) is 7. The molecule has 0 aliphatic heterocycles. The summed E-state index contributed by atoms with van der Waals surface area (Å²) in [5.41, 5.74) is 4.12. The Morgan fingerprint density at radius 2 is 1.54 bits per heavy atom. The lowest BCUT2D eigenvalue weighted by Gasteiger charge is -2.05. The van der Waals surface area contributed by atoms with E-state index in [9.17, 15) is 0 Å². The first-order chi connectivity index (χ1) is 13.7. The summed E-state index contributed by atoms with van der Waals surface area (Å²) in [5, 5.41) is 21.7. The highest BCUT2D eigenvalue weighted by Gasteiger charge is 2.05. The van der Waals surface area contributed by atoms with Gasteiger partial charge in [-0.15, -0.1) is 26.7 Å². The number of thiazole rings is 1. The number of benzene rings is 3. The maximum absolute atomic E-state index is 4.46. The number of aliphatic imine (C=N–C) groups is 1. The molecule has 0 spiro atoms. The quantitative estimate of drug-likeness (QED) is 0.256. The van der Waals surface area contributed by atoms with E-state index in [0.29, 0.717) is 5.13 Å². The molecule has 0 radical (unpaired) electrons. The van der Waals surface area contributed by atoms with E-state index < -0.39 is 0 Å².